The number of rotatable bonds is 2. The zero-order valence-electron chi connectivity index (χ0n) is 9.57. The number of hydrogen-bond donors (Lipinski definition) is 1. The molecule has 0 saturated carbocycles. The Labute approximate surface area is 108 Å². The number of aryl methyl sites for hydroxylation is 2. The number of halogens is 1. The molecule has 1 amide bonds. The van der Waals surface area contributed by atoms with Gasteiger partial charge in [0.25, 0.3) is 5.91 Å². The van der Waals surface area contributed by atoms with Crippen molar-refractivity contribution in [3.63, 3.8) is 0 Å². The maximum atomic E-state index is 11.9. The van der Waals surface area contributed by atoms with E-state index in [9.17, 15) is 4.79 Å². The summed E-state index contributed by atoms with van der Waals surface area (Å²) in [5, 5.41) is 6.83. The Hall–Kier alpha value is -1.62. The van der Waals surface area contributed by atoms with Crippen LogP contribution in [-0.2, 0) is 7.05 Å². The quantitative estimate of drug-likeness (QED) is 0.925. The van der Waals surface area contributed by atoms with Gasteiger partial charge in [0.05, 0.1) is 0 Å². The Balaban J connectivity index is 2.17. The van der Waals surface area contributed by atoms with Crippen LogP contribution in [0.25, 0.3) is 0 Å². The van der Waals surface area contributed by atoms with Gasteiger partial charge in [0.1, 0.15) is 0 Å². The first-order valence-corrected chi connectivity index (χ1v) is 5.93. The van der Waals surface area contributed by atoms with Crippen molar-refractivity contribution in [2.24, 2.45) is 7.05 Å². The fourth-order valence-electron chi connectivity index (χ4n) is 1.46. The van der Waals surface area contributed by atoms with Gasteiger partial charge in [0.2, 0.25) is 0 Å². The maximum Gasteiger partial charge on any atom is 0.256 e. The molecule has 1 aromatic carbocycles. The van der Waals surface area contributed by atoms with Gasteiger partial charge in [0, 0.05) is 29.3 Å². The smallest absolute Gasteiger partial charge is 0.256 e. The van der Waals surface area contributed by atoms with Gasteiger partial charge in [-0.15, -0.1) is 0 Å². The van der Waals surface area contributed by atoms with E-state index in [1.165, 1.54) is 0 Å². The third-order valence-electron chi connectivity index (χ3n) is 2.38. The van der Waals surface area contributed by atoms with Crippen LogP contribution in [0.1, 0.15) is 15.9 Å². The van der Waals surface area contributed by atoms with Gasteiger partial charge in [-0.1, -0.05) is 15.9 Å². The topological polar surface area (TPSA) is 46.9 Å². The molecule has 0 spiro atoms. The first kappa shape index (κ1) is 11.9. The van der Waals surface area contributed by atoms with Crippen molar-refractivity contribution >= 4 is 27.7 Å². The highest BCUT2D eigenvalue weighted by molar-refractivity contribution is 9.10. The second kappa shape index (κ2) is 4.71. The zero-order chi connectivity index (χ0) is 12.4. The molecule has 0 aliphatic carbocycles. The van der Waals surface area contributed by atoms with Gasteiger partial charge in [-0.3, -0.25) is 9.48 Å². The summed E-state index contributed by atoms with van der Waals surface area (Å²) in [4.78, 5) is 11.9. The Morgan fingerprint density at radius 2 is 2.18 bits per heavy atom. The van der Waals surface area contributed by atoms with Gasteiger partial charge < -0.3 is 5.32 Å². The summed E-state index contributed by atoms with van der Waals surface area (Å²) in [6.07, 6.45) is 1.78. The van der Waals surface area contributed by atoms with Crippen molar-refractivity contribution in [2.45, 2.75) is 6.92 Å². The maximum absolute atomic E-state index is 11.9. The van der Waals surface area contributed by atoms with Gasteiger partial charge in [0.15, 0.2) is 5.82 Å². The molecule has 1 aromatic heterocycles. The molecule has 0 aliphatic rings. The molecule has 88 valence electrons. The normalized spacial score (nSPS) is 10.3. The predicted octanol–water partition coefficient (Wildman–Crippen LogP) is 2.74. The Morgan fingerprint density at radius 1 is 1.41 bits per heavy atom. The highest BCUT2D eigenvalue weighted by atomic mass is 79.9. The summed E-state index contributed by atoms with van der Waals surface area (Å²) in [6, 6.07) is 7.23. The summed E-state index contributed by atoms with van der Waals surface area (Å²) < 4.78 is 2.63. The van der Waals surface area contributed by atoms with Crippen LogP contribution in [-0.4, -0.2) is 15.7 Å². The van der Waals surface area contributed by atoms with Crippen molar-refractivity contribution in [3.8, 4) is 0 Å². The van der Waals surface area contributed by atoms with Crippen molar-refractivity contribution in [3.05, 3.63) is 46.1 Å². The van der Waals surface area contributed by atoms with Crippen molar-refractivity contribution in [1.82, 2.24) is 9.78 Å². The Morgan fingerprint density at radius 3 is 2.76 bits per heavy atom. The van der Waals surface area contributed by atoms with Crippen LogP contribution in [0.15, 0.2) is 34.9 Å². The molecule has 0 fully saturated rings. The lowest BCUT2D eigenvalue weighted by Gasteiger charge is -2.04. The van der Waals surface area contributed by atoms with Crippen LogP contribution in [0, 0.1) is 6.92 Å². The van der Waals surface area contributed by atoms with Crippen LogP contribution >= 0.6 is 15.9 Å². The number of aromatic nitrogens is 2. The molecule has 0 unspecified atom stereocenters. The first-order chi connectivity index (χ1) is 8.06. The number of amides is 1. The molecule has 0 saturated heterocycles. The SMILES string of the molecule is Cc1cc(C(=O)Nc2ccn(C)n2)ccc1Br. The number of nitrogens with zero attached hydrogens (tertiary/aromatic N) is 2. The van der Waals surface area contributed by atoms with Crippen LogP contribution in [0.4, 0.5) is 5.82 Å². The predicted molar refractivity (Wildman–Crippen MR) is 70.0 cm³/mol. The van der Waals surface area contributed by atoms with E-state index in [1.54, 1.807) is 30.1 Å². The van der Waals surface area contributed by atoms with E-state index in [-0.39, 0.29) is 5.91 Å². The lowest BCUT2D eigenvalue weighted by atomic mass is 10.1. The second-order valence-electron chi connectivity index (χ2n) is 3.79. The lowest BCUT2D eigenvalue weighted by molar-refractivity contribution is 0.102. The van der Waals surface area contributed by atoms with Crippen LogP contribution in [0.3, 0.4) is 0 Å². The summed E-state index contributed by atoms with van der Waals surface area (Å²) >= 11 is 3.40. The number of carbonyl (C=O) groups is 1. The average Bonchev–Trinajstić information content (AvgIpc) is 2.68. The number of anilines is 1. The average molecular weight is 294 g/mol. The minimum Gasteiger partial charge on any atom is -0.305 e. The summed E-state index contributed by atoms with van der Waals surface area (Å²) in [7, 11) is 1.80. The van der Waals surface area contributed by atoms with Crippen LogP contribution in [0.2, 0.25) is 0 Å². The van der Waals surface area contributed by atoms with E-state index >= 15 is 0 Å². The summed E-state index contributed by atoms with van der Waals surface area (Å²) in [5.74, 6) is 0.400. The highest BCUT2D eigenvalue weighted by Crippen LogP contribution is 2.17. The number of nitrogens with one attached hydrogen (secondary N) is 1. The third-order valence-corrected chi connectivity index (χ3v) is 3.27. The minimum atomic E-state index is -0.153. The molecule has 0 aliphatic heterocycles. The molecule has 1 heterocycles. The van der Waals surface area contributed by atoms with Crippen LogP contribution in [0.5, 0.6) is 0 Å². The van der Waals surface area contributed by atoms with E-state index in [4.69, 9.17) is 0 Å². The molecule has 0 atom stereocenters. The Bertz CT molecular complexity index is 563. The minimum absolute atomic E-state index is 0.153. The molecular weight excluding hydrogens is 282 g/mol. The molecule has 5 heteroatoms. The molecule has 17 heavy (non-hydrogen) atoms. The van der Waals surface area contributed by atoms with Gasteiger partial charge >= 0.3 is 0 Å². The number of hydrogen-bond acceptors (Lipinski definition) is 2. The van der Waals surface area contributed by atoms with Crippen molar-refractivity contribution in [2.75, 3.05) is 5.32 Å². The second-order valence-corrected chi connectivity index (χ2v) is 4.65. The standard InChI is InChI=1S/C12H12BrN3O/c1-8-7-9(3-4-10(8)13)12(17)14-11-5-6-16(2)15-11/h3-7H,1-2H3,(H,14,15,17). The van der Waals surface area contributed by atoms with Gasteiger partial charge in [-0.2, -0.15) is 5.10 Å². The zero-order valence-corrected chi connectivity index (χ0v) is 11.2. The lowest BCUT2D eigenvalue weighted by Crippen LogP contribution is -2.12. The monoisotopic (exact) mass is 293 g/mol. The Kier molecular flexibility index (Phi) is 3.28. The number of carbonyl (C=O) groups excluding carboxylic acids is 1. The number of benzene rings is 1. The van der Waals surface area contributed by atoms with Gasteiger partial charge in [-0.05, 0) is 30.7 Å². The van der Waals surface area contributed by atoms with Crippen LogP contribution < -0.4 is 5.32 Å². The van der Waals surface area contributed by atoms with Gasteiger partial charge in [-0.25, -0.2) is 0 Å². The van der Waals surface area contributed by atoms with Crippen molar-refractivity contribution < 1.29 is 4.79 Å². The van der Waals surface area contributed by atoms with E-state index in [0.717, 1.165) is 10.0 Å². The third kappa shape index (κ3) is 2.74. The summed E-state index contributed by atoms with van der Waals surface area (Å²) in [6.45, 7) is 1.95. The molecule has 4 nitrogen and oxygen atoms in total. The fourth-order valence-corrected chi connectivity index (χ4v) is 1.70. The first-order valence-electron chi connectivity index (χ1n) is 5.13. The fraction of sp³-hybridized carbons (Fsp3) is 0.167. The van der Waals surface area contributed by atoms with E-state index in [1.807, 2.05) is 19.1 Å². The molecule has 0 radical (unpaired) electrons. The van der Waals surface area contributed by atoms with Crippen molar-refractivity contribution in [1.29, 1.82) is 0 Å². The molecular formula is C12H12BrN3O. The largest absolute Gasteiger partial charge is 0.305 e. The van der Waals surface area contributed by atoms with E-state index < -0.39 is 0 Å². The van der Waals surface area contributed by atoms with E-state index in [0.29, 0.717) is 11.4 Å². The molecule has 2 rings (SSSR count). The highest BCUT2D eigenvalue weighted by Gasteiger charge is 2.08. The molecule has 1 N–H and O–H groups in total. The molecule has 0 bridgehead atoms. The van der Waals surface area contributed by atoms with E-state index in [2.05, 4.69) is 26.3 Å². The summed E-state index contributed by atoms with van der Waals surface area (Å²) in [5.41, 5.74) is 1.65. The molecule has 2 aromatic rings.